The summed E-state index contributed by atoms with van der Waals surface area (Å²) >= 11 is 0. The van der Waals surface area contributed by atoms with Gasteiger partial charge in [-0.25, -0.2) is 4.39 Å². The van der Waals surface area contributed by atoms with E-state index in [1.54, 1.807) is 6.07 Å². The predicted molar refractivity (Wildman–Crippen MR) is 95.6 cm³/mol. The minimum absolute atomic E-state index is 0.188. The Bertz CT molecular complexity index is 449. The monoisotopic (exact) mass is 320 g/mol. The number of hydrogen-bond donors (Lipinski definition) is 0. The van der Waals surface area contributed by atoms with Gasteiger partial charge in [-0.1, -0.05) is 52.0 Å². The van der Waals surface area contributed by atoms with Crippen molar-refractivity contribution in [3.8, 4) is 5.75 Å². The van der Waals surface area contributed by atoms with Crippen molar-refractivity contribution < 1.29 is 9.13 Å². The van der Waals surface area contributed by atoms with Crippen molar-refractivity contribution in [2.45, 2.75) is 84.0 Å². The quantitative estimate of drug-likeness (QED) is 0.452. The van der Waals surface area contributed by atoms with Gasteiger partial charge in [0.1, 0.15) is 0 Å². The number of halogens is 1. The van der Waals surface area contributed by atoms with Gasteiger partial charge in [0.2, 0.25) is 0 Å². The first-order chi connectivity index (χ1) is 11.2. The van der Waals surface area contributed by atoms with Crippen molar-refractivity contribution in [2.24, 2.45) is 5.92 Å². The van der Waals surface area contributed by atoms with E-state index in [2.05, 4.69) is 19.9 Å². The molecule has 1 nitrogen and oxygen atoms in total. The zero-order valence-electron chi connectivity index (χ0n) is 15.0. The molecule has 0 saturated heterocycles. The minimum Gasteiger partial charge on any atom is -0.491 e. The van der Waals surface area contributed by atoms with E-state index < -0.39 is 0 Å². The van der Waals surface area contributed by atoms with Crippen molar-refractivity contribution in [1.82, 2.24) is 0 Å². The average molecular weight is 320 g/mol. The van der Waals surface area contributed by atoms with Crippen molar-refractivity contribution in [3.63, 3.8) is 0 Å². The lowest BCUT2D eigenvalue weighted by Gasteiger charge is -2.29. The van der Waals surface area contributed by atoms with Gasteiger partial charge in [0.05, 0.1) is 6.61 Å². The summed E-state index contributed by atoms with van der Waals surface area (Å²) in [6.45, 7) is 5.04. The van der Waals surface area contributed by atoms with E-state index in [0.717, 1.165) is 30.7 Å². The number of ether oxygens (including phenoxy) is 1. The van der Waals surface area contributed by atoms with Gasteiger partial charge in [-0.05, 0) is 61.6 Å². The van der Waals surface area contributed by atoms with Crippen LogP contribution in [0.25, 0.3) is 0 Å². The normalized spacial score (nSPS) is 21.3. The van der Waals surface area contributed by atoms with Crippen LogP contribution in [0.1, 0.15) is 89.5 Å². The molecule has 1 aliphatic carbocycles. The molecule has 1 aliphatic rings. The lowest BCUT2D eigenvalue weighted by Crippen LogP contribution is -2.13. The molecule has 0 atom stereocenters. The van der Waals surface area contributed by atoms with Crippen LogP contribution < -0.4 is 4.74 Å². The molecule has 0 aromatic heterocycles. The fourth-order valence-corrected chi connectivity index (χ4v) is 3.70. The van der Waals surface area contributed by atoms with Gasteiger partial charge in [-0.3, -0.25) is 0 Å². The zero-order chi connectivity index (χ0) is 16.5. The van der Waals surface area contributed by atoms with Crippen LogP contribution in [0, 0.1) is 11.7 Å². The van der Waals surface area contributed by atoms with Crippen LogP contribution >= 0.6 is 0 Å². The third kappa shape index (κ3) is 5.82. The Kier molecular flexibility index (Phi) is 7.91. The van der Waals surface area contributed by atoms with Crippen molar-refractivity contribution in [1.29, 1.82) is 0 Å². The standard InChI is InChI=1S/C21H33FO/c1-3-5-7-15-23-21-14-13-19(16-20(21)22)18-11-9-17(10-12-18)8-6-4-2/h13-14,16-18H,3-12,15H2,1-2H3/t17-,18-. The molecule has 1 aromatic rings. The molecule has 1 aromatic carbocycles. The largest absolute Gasteiger partial charge is 0.491 e. The van der Waals surface area contributed by atoms with Crippen molar-refractivity contribution in [2.75, 3.05) is 6.61 Å². The second-order valence-corrected chi connectivity index (χ2v) is 7.11. The van der Waals surface area contributed by atoms with E-state index in [4.69, 9.17) is 4.74 Å². The molecule has 1 saturated carbocycles. The highest BCUT2D eigenvalue weighted by Crippen LogP contribution is 2.38. The summed E-state index contributed by atoms with van der Waals surface area (Å²) in [6.07, 6.45) is 12.4. The molecule has 0 unspecified atom stereocenters. The van der Waals surface area contributed by atoms with Crippen LogP contribution in [0.15, 0.2) is 18.2 Å². The van der Waals surface area contributed by atoms with Crippen LogP contribution in [0.2, 0.25) is 0 Å². The van der Waals surface area contributed by atoms with Gasteiger partial charge >= 0.3 is 0 Å². The highest BCUT2D eigenvalue weighted by Gasteiger charge is 2.22. The van der Waals surface area contributed by atoms with Gasteiger partial charge in [0.25, 0.3) is 0 Å². The summed E-state index contributed by atoms with van der Waals surface area (Å²) in [7, 11) is 0. The second-order valence-electron chi connectivity index (χ2n) is 7.11. The maximum Gasteiger partial charge on any atom is 0.165 e. The van der Waals surface area contributed by atoms with Crippen molar-refractivity contribution in [3.05, 3.63) is 29.6 Å². The molecule has 0 bridgehead atoms. The Balaban J connectivity index is 1.83. The Morgan fingerprint density at radius 1 is 1.00 bits per heavy atom. The van der Waals surface area contributed by atoms with Crippen LogP contribution in [-0.4, -0.2) is 6.61 Å². The van der Waals surface area contributed by atoms with Crippen molar-refractivity contribution >= 4 is 0 Å². The lowest BCUT2D eigenvalue weighted by atomic mass is 9.77. The molecular formula is C21H33FO. The summed E-state index contributed by atoms with van der Waals surface area (Å²) in [5.74, 6) is 1.67. The molecule has 0 amide bonds. The first-order valence-corrected chi connectivity index (χ1v) is 9.66. The Labute approximate surface area is 141 Å². The second kappa shape index (κ2) is 9.95. The van der Waals surface area contributed by atoms with E-state index in [0.29, 0.717) is 18.3 Å². The molecule has 1 fully saturated rings. The number of rotatable bonds is 9. The topological polar surface area (TPSA) is 9.23 Å². The van der Waals surface area contributed by atoms with Gasteiger partial charge in [-0.15, -0.1) is 0 Å². The Hall–Kier alpha value is -1.05. The zero-order valence-corrected chi connectivity index (χ0v) is 15.0. The molecule has 130 valence electrons. The van der Waals surface area contributed by atoms with Gasteiger partial charge in [0, 0.05) is 0 Å². The first kappa shape index (κ1) is 18.3. The minimum atomic E-state index is -0.188. The van der Waals surface area contributed by atoms with Crippen LogP contribution in [0.3, 0.4) is 0 Å². The Morgan fingerprint density at radius 3 is 2.39 bits per heavy atom. The smallest absolute Gasteiger partial charge is 0.165 e. The summed E-state index contributed by atoms with van der Waals surface area (Å²) in [5.41, 5.74) is 1.16. The fraction of sp³-hybridized carbons (Fsp3) is 0.714. The summed E-state index contributed by atoms with van der Waals surface area (Å²) in [5, 5.41) is 0. The molecule has 0 radical (unpaired) electrons. The maximum absolute atomic E-state index is 14.2. The Morgan fingerprint density at radius 2 is 1.74 bits per heavy atom. The van der Waals surface area contributed by atoms with E-state index >= 15 is 0 Å². The molecule has 0 aliphatic heterocycles. The molecule has 0 spiro atoms. The van der Waals surface area contributed by atoms with E-state index in [9.17, 15) is 4.39 Å². The van der Waals surface area contributed by atoms with E-state index in [1.807, 2.05) is 6.07 Å². The highest BCUT2D eigenvalue weighted by atomic mass is 19.1. The number of benzene rings is 1. The van der Waals surface area contributed by atoms with Gasteiger partial charge in [0.15, 0.2) is 11.6 Å². The fourth-order valence-electron chi connectivity index (χ4n) is 3.70. The van der Waals surface area contributed by atoms with Crippen LogP contribution in [-0.2, 0) is 0 Å². The number of unbranched alkanes of at least 4 members (excludes halogenated alkanes) is 3. The van der Waals surface area contributed by atoms with Gasteiger partial charge in [-0.2, -0.15) is 0 Å². The third-order valence-corrected chi connectivity index (χ3v) is 5.25. The summed E-state index contributed by atoms with van der Waals surface area (Å²) < 4.78 is 19.8. The maximum atomic E-state index is 14.2. The number of hydrogen-bond acceptors (Lipinski definition) is 1. The van der Waals surface area contributed by atoms with Gasteiger partial charge < -0.3 is 4.74 Å². The van der Waals surface area contributed by atoms with Crippen LogP contribution in [0.5, 0.6) is 5.75 Å². The molecule has 23 heavy (non-hydrogen) atoms. The van der Waals surface area contributed by atoms with E-state index in [1.165, 1.54) is 44.9 Å². The highest BCUT2D eigenvalue weighted by molar-refractivity contribution is 5.31. The SMILES string of the molecule is CCCCCOc1ccc([C@H]2CC[C@H](CCCC)CC2)cc1F. The lowest BCUT2D eigenvalue weighted by molar-refractivity contribution is 0.289. The summed E-state index contributed by atoms with van der Waals surface area (Å²) in [4.78, 5) is 0. The predicted octanol–water partition coefficient (Wildman–Crippen LogP) is 6.86. The summed E-state index contributed by atoms with van der Waals surface area (Å²) in [6, 6.07) is 5.63. The first-order valence-electron chi connectivity index (χ1n) is 9.66. The molecular weight excluding hydrogens is 287 g/mol. The third-order valence-electron chi connectivity index (χ3n) is 5.25. The molecule has 0 heterocycles. The molecule has 2 rings (SSSR count). The average Bonchev–Trinajstić information content (AvgIpc) is 2.58. The molecule has 0 N–H and O–H groups in total. The van der Waals surface area contributed by atoms with E-state index in [-0.39, 0.29) is 5.82 Å². The molecule has 2 heteroatoms. The van der Waals surface area contributed by atoms with Crippen LogP contribution in [0.4, 0.5) is 4.39 Å².